The minimum absolute atomic E-state index is 0.0564. The van der Waals surface area contributed by atoms with Crippen LogP contribution in [0.25, 0.3) is 10.6 Å². The molecule has 0 saturated heterocycles. The highest BCUT2D eigenvalue weighted by atomic mass is 32.1. The summed E-state index contributed by atoms with van der Waals surface area (Å²) < 4.78 is 0.400. The first-order valence-corrected chi connectivity index (χ1v) is 4.76. The van der Waals surface area contributed by atoms with E-state index in [0.29, 0.717) is 10.4 Å². The number of hydrogen-bond acceptors (Lipinski definition) is 5. The van der Waals surface area contributed by atoms with Gasteiger partial charge >= 0.3 is 5.95 Å². The van der Waals surface area contributed by atoms with E-state index < -0.39 is 0 Å². The molecule has 2 aromatic heterocycles. The van der Waals surface area contributed by atoms with E-state index in [0.717, 1.165) is 4.88 Å². The van der Waals surface area contributed by atoms with Gasteiger partial charge in [0.15, 0.2) is 5.82 Å². The molecule has 2 rings (SSSR count). The zero-order chi connectivity index (χ0) is 10.1. The van der Waals surface area contributed by atoms with Gasteiger partial charge in [-0.2, -0.15) is 0 Å². The Morgan fingerprint density at radius 1 is 1.43 bits per heavy atom. The fourth-order valence-corrected chi connectivity index (χ4v) is 1.77. The Bertz CT molecular complexity index is 431. The highest BCUT2D eigenvalue weighted by Crippen LogP contribution is 2.23. The van der Waals surface area contributed by atoms with Crippen LogP contribution in [0.15, 0.2) is 23.6 Å². The lowest BCUT2D eigenvalue weighted by molar-refractivity contribution is -0.576. The Balaban J connectivity index is 2.57. The zero-order valence-electron chi connectivity index (χ0n) is 7.18. The number of rotatable bonds is 1. The number of nitrogens with two attached hydrogens (primary N) is 2. The highest BCUT2D eigenvalue weighted by molar-refractivity contribution is 7.13. The summed E-state index contributed by atoms with van der Waals surface area (Å²) in [4.78, 5) is 4.87. The third-order valence-electron chi connectivity index (χ3n) is 1.74. The van der Waals surface area contributed by atoms with Crippen molar-refractivity contribution >= 4 is 23.1 Å². The molecular formula is C8H8N4OS. The Kier molecular flexibility index (Phi) is 1.97. The van der Waals surface area contributed by atoms with E-state index in [1.165, 1.54) is 17.4 Å². The average Bonchev–Trinajstić information content (AvgIpc) is 2.66. The van der Waals surface area contributed by atoms with Crippen molar-refractivity contribution in [2.75, 3.05) is 11.5 Å². The minimum Gasteiger partial charge on any atom is -0.754 e. The van der Waals surface area contributed by atoms with Crippen molar-refractivity contribution in [2.24, 2.45) is 0 Å². The van der Waals surface area contributed by atoms with Crippen LogP contribution < -0.4 is 16.2 Å². The Morgan fingerprint density at radius 2 is 2.21 bits per heavy atom. The molecule has 0 atom stereocenters. The van der Waals surface area contributed by atoms with Crippen LogP contribution in [-0.4, -0.2) is 4.98 Å². The van der Waals surface area contributed by atoms with Gasteiger partial charge in [0, 0.05) is 6.07 Å². The van der Waals surface area contributed by atoms with Crippen molar-refractivity contribution in [1.82, 2.24) is 4.98 Å². The fourth-order valence-electron chi connectivity index (χ4n) is 1.08. The first-order valence-electron chi connectivity index (χ1n) is 3.88. The summed E-state index contributed by atoms with van der Waals surface area (Å²) in [5.41, 5.74) is 11.5. The predicted octanol–water partition coefficient (Wildman–Crippen LogP) is 0.608. The van der Waals surface area contributed by atoms with E-state index in [2.05, 4.69) is 4.98 Å². The number of thiophene rings is 1. The first-order chi connectivity index (χ1) is 6.68. The quantitative estimate of drug-likeness (QED) is 0.530. The zero-order valence-corrected chi connectivity index (χ0v) is 7.99. The van der Waals surface area contributed by atoms with Gasteiger partial charge in [-0.05, 0) is 11.4 Å². The normalized spacial score (nSPS) is 10.3. The Labute approximate surface area is 84.2 Å². The van der Waals surface area contributed by atoms with Crippen molar-refractivity contribution in [1.29, 1.82) is 0 Å². The molecule has 0 aliphatic rings. The number of anilines is 2. The molecule has 0 aromatic carbocycles. The lowest BCUT2D eigenvalue weighted by atomic mass is 10.3. The van der Waals surface area contributed by atoms with Gasteiger partial charge in [-0.1, -0.05) is 6.07 Å². The Morgan fingerprint density at radius 3 is 2.79 bits per heavy atom. The van der Waals surface area contributed by atoms with E-state index >= 15 is 0 Å². The molecule has 2 aromatic rings. The van der Waals surface area contributed by atoms with Gasteiger partial charge in [0.1, 0.15) is 5.69 Å². The van der Waals surface area contributed by atoms with E-state index in [1.807, 2.05) is 17.5 Å². The molecule has 0 aliphatic heterocycles. The van der Waals surface area contributed by atoms with Crippen LogP contribution in [0.5, 0.6) is 0 Å². The fraction of sp³-hybridized carbons (Fsp3) is 0. The second-order valence-electron chi connectivity index (χ2n) is 2.70. The second kappa shape index (κ2) is 3.15. The monoisotopic (exact) mass is 208 g/mol. The molecule has 0 saturated carbocycles. The van der Waals surface area contributed by atoms with E-state index in [4.69, 9.17) is 11.5 Å². The molecule has 0 amide bonds. The highest BCUT2D eigenvalue weighted by Gasteiger charge is 2.09. The minimum atomic E-state index is -0.131. The molecule has 6 heteroatoms. The largest absolute Gasteiger partial charge is 0.754 e. The van der Waals surface area contributed by atoms with Crippen molar-refractivity contribution < 1.29 is 4.73 Å². The van der Waals surface area contributed by atoms with Gasteiger partial charge in [0.05, 0.1) is 4.88 Å². The summed E-state index contributed by atoms with van der Waals surface area (Å²) in [5, 5.41) is 13.0. The topological polar surface area (TPSA) is 91.9 Å². The molecule has 2 heterocycles. The van der Waals surface area contributed by atoms with Crippen molar-refractivity contribution in [3.8, 4) is 10.6 Å². The van der Waals surface area contributed by atoms with Gasteiger partial charge < -0.3 is 16.7 Å². The summed E-state index contributed by atoms with van der Waals surface area (Å²) in [6.07, 6.45) is 0. The van der Waals surface area contributed by atoms with Crippen molar-refractivity contribution in [3.63, 3.8) is 0 Å². The maximum atomic E-state index is 11.1. The van der Waals surface area contributed by atoms with Crippen LogP contribution in [0.3, 0.4) is 0 Å². The lowest BCUT2D eigenvalue weighted by Gasteiger charge is -2.09. The lowest BCUT2D eigenvalue weighted by Crippen LogP contribution is -2.35. The molecule has 4 N–H and O–H groups in total. The first kappa shape index (κ1) is 8.76. The average molecular weight is 208 g/mol. The van der Waals surface area contributed by atoms with Gasteiger partial charge in [-0.15, -0.1) is 16.3 Å². The van der Waals surface area contributed by atoms with Gasteiger partial charge in [0.25, 0.3) is 0 Å². The van der Waals surface area contributed by atoms with Crippen molar-refractivity contribution in [2.45, 2.75) is 0 Å². The van der Waals surface area contributed by atoms with E-state index in [-0.39, 0.29) is 11.8 Å². The van der Waals surface area contributed by atoms with Crippen LogP contribution in [0.2, 0.25) is 0 Å². The molecule has 0 aliphatic carbocycles. The molecule has 0 radical (unpaired) electrons. The Hall–Kier alpha value is -1.82. The summed E-state index contributed by atoms with van der Waals surface area (Å²) in [6, 6.07) is 5.29. The van der Waals surface area contributed by atoms with Crippen LogP contribution >= 0.6 is 11.3 Å². The summed E-state index contributed by atoms with van der Waals surface area (Å²) in [6.45, 7) is 0. The molecule has 0 bridgehead atoms. The third-order valence-corrected chi connectivity index (χ3v) is 2.63. The molecular weight excluding hydrogens is 200 g/mol. The number of nitrogen functional groups attached to an aromatic ring is 2. The molecule has 5 nitrogen and oxygen atoms in total. The number of hydrogen-bond donors (Lipinski definition) is 2. The van der Waals surface area contributed by atoms with E-state index in [1.54, 1.807) is 0 Å². The SMILES string of the molecule is Nc1cc(-c2cccs2)nc(N)[n+]1[O-]. The van der Waals surface area contributed by atoms with Crippen LogP contribution in [0.4, 0.5) is 11.8 Å². The molecule has 0 fully saturated rings. The second-order valence-corrected chi connectivity index (χ2v) is 3.64. The molecule has 0 spiro atoms. The predicted molar refractivity (Wildman–Crippen MR) is 55.3 cm³/mol. The molecule has 72 valence electrons. The maximum absolute atomic E-state index is 11.1. The van der Waals surface area contributed by atoms with E-state index in [9.17, 15) is 5.21 Å². The summed E-state index contributed by atoms with van der Waals surface area (Å²) in [7, 11) is 0. The summed E-state index contributed by atoms with van der Waals surface area (Å²) in [5.74, 6) is -0.0747. The molecule has 14 heavy (non-hydrogen) atoms. The third kappa shape index (κ3) is 1.35. The summed E-state index contributed by atoms with van der Waals surface area (Å²) >= 11 is 1.51. The standard InChI is InChI=1S/C8H8N4OS/c9-7-4-5(6-2-1-3-14-6)11-8(10)12(7)13/h1-4H,9H2,(H2,10,11). The number of aromatic nitrogens is 2. The number of nitrogens with zero attached hydrogens (tertiary/aromatic N) is 2. The van der Waals surface area contributed by atoms with Crippen molar-refractivity contribution in [3.05, 3.63) is 28.8 Å². The van der Waals surface area contributed by atoms with Gasteiger partial charge in [-0.3, -0.25) is 0 Å². The van der Waals surface area contributed by atoms with Crippen LogP contribution in [0, 0.1) is 5.21 Å². The van der Waals surface area contributed by atoms with Gasteiger partial charge in [0.2, 0.25) is 0 Å². The smallest absolute Gasteiger partial charge is 0.344 e. The maximum Gasteiger partial charge on any atom is 0.344 e. The van der Waals surface area contributed by atoms with Crippen LogP contribution in [0.1, 0.15) is 0 Å². The van der Waals surface area contributed by atoms with Gasteiger partial charge in [-0.25, -0.2) is 4.73 Å². The molecule has 0 unspecified atom stereocenters. The van der Waals surface area contributed by atoms with Crippen LogP contribution in [-0.2, 0) is 0 Å².